The van der Waals surface area contributed by atoms with Gasteiger partial charge in [0.05, 0.1) is 43.7 Å². The Kier molecular flexibility index (Phi) is 9.29. The van der Waals surface area contributed by atoms with Crippen LogP contribution in [0.4, 0.5) is 0 Å². The normalized spacial score (nSPS) is 38.4. The van der Waals surface area contributed by atoms with E-state index in [9.17, 15) is 10.00 Å². The van der Waals surface area contributed by atoms with Crippen LogP contribution in [0, 0.1) is 0 Å². The average molecular weight is 442 g/mol. The maximum atomic E-state index is 12.7. The Bertz CT molecular complexity index is 534. The van der Waals surface area contributed by atoms with Crippen molar-refractivity contribution < 1.29 is 38.0 Å². The number of ether oxygens (including phenoxy) is 4. The molecule has 2 aliphatic rings. The van der Waals surface area contributed by atoms with E-state index in [2.05, 4.69) is 0 Å². The van der Waals surface area contributed by atoms with E-state index in [4.69, 9.17) is 39.8 Å². The third kappa shape index (κ3) is 7.23. The molecule has 166 valence electrons. The van der Waals surface area contributed by atoms with Gasteiger partial charge < -0.3 is 38.0 Å². The number of aliphatic hydroxyl groups excluding tert-OH is 1. The highest BCUT2D eigenvalue weighted by Gasteiger charge is 2.44. The van der Waals surface area contributed by atoms with E-state index in [1.807, 2.05) is 34.6 Å². The molecule has 0 saturated carbocycles. The Balaban J connectivity index is 1.93. The number of rotatable bonds is 10. The molecule has 8 atom stereocenters. The van der Waals surface area contributed by atoms with Crippen molar-refractivity contribution in [2.75, 3.05) is 13.2 Å². The first-order chi connectivity index (χ1) is 13.0. The highest BCUT2D eigenvalue weighted by Crippen LogP contribution is 2.44. The molecule has 0 radical (unpaired) electrons. The predicted octanol–water partition coefficient (Wildman–Crippen LogP) is 1.52. The van der Waals surface area contributed by atoms with E-state index in [1.165, 1.54) is 0 Å². The molecule has 0 amide bonds. The summed E-state index contributed by atoms with van der Waals surface area (Å²) in [5.74, 6) is 0. The minimum Gasteiger partial charge on any atom is -0.780 e. The molecule has 8 nitrogen and oxygen atoms in total. The first-order valence-corrected chi connectivity index (χ1v) is 12.4. The number of aliphatic hydroxyl groups is 1. The molecule has 2 rings (SSSR count). The summed E-state index contributed by atoms with van der Waals surface area (Å²) >= 11 is 5.06. The monoisotopic (exact) mass is 441 g/mol. The standard InChI is InChI=1S/C18H35O8PS/c1-10(2)21-8-16-18(17(19)13(6)25-16)26-27(20,28)22-9-15-14(23-11(3)4)7-12(5)24-15/h10-19H,7-9H2,1-6H3,(H,20,28)/p-1/t12-,13-,14?,15+,16+,17?,18-,27?/m0/s1. The zero-order valence-corrected chi connectivity index (χ0v) is 19.2. The van der Waals surface area contributed by atoms with E-state index in [0.717, 1.165) is 6.42 Å². The molecular weight excluding hydrogens is 407 g/mol. The fourth-order valence-corrected chi connectivity index (χ4v) is 4.81. The van der Waals surface area contributed by atoms with Crippen molar-refractivity contribution in [3.63, 3.8) is 0 Å². The lowest BCUT2D eigenvalue weighted by atomic mass is 10.1. The van der Waals surface area contributed by atoms with Crippen molar-refractivity contribution in [2.45, 2.75) is 103 Å². The predicted molar refractivity (Wildman–Crippen MR) is 106 cm³/mol. The molecule has 2 aliphatic heterocycles. The van der Waals surface area contributed by atoms with Gasteiger partial charge in [-0.2, -0.15) is 0 Å². The van der Waals surface area contributed by atoms with Crippen LogP contribution in [0.25, 0.3) is 0 Å². The number of hydrogen-bond donors (Lipinski definition) is 1. The second-order valence-electron chi connectivity index (χ2n) is 8.01. The van der Waals surface area contributed by atoms with Gasteiger partial charge in [0.25, 0.3) is 0 Å². The smallest absolute Gasteiger partial charge is 0.121 e. The molecule has 28 heavy (non-hydrogen) atoms. The Morgan fingerprint density at radius 2 is 1.79 bits per heavy atom. The van der Waals surface area contributed by atoms with E-state index >= 15 is 0 Å². The van der Waals surface area contributed by atoms with Gasteiger partial charge in [0, 0.05) is 6.42 Å². The van der Waals surface area contributed by atoms with E-state index in [1.54, 1.807) is 6.92 Å². The highest BCUT2D eigenvalue weighted by atomic mass is 32.5. The molecule has 0 aliphatic carbocycles. The van der Waals surface area contributed by atoms with E-state index in [0.29, 0.717) is 0 Å². The fraction of sp³-hybridized carbons (Fsp3) is 1.00. The second kappa shape index (κ2) is 10.6. The maximum Gasteiger partial charge on any atom is 0.121 e. The van der Waals surface area contributed by atoms with Crippen molar-refractivity contribution >= 4 is 18.5 Å². The first-order valence-electron chi connectivity index (χ1n) is 9.88. The molecule has 1 N–H and O–H groups in total. The molecule has 2 saturated heterocycles. The molecule has 0 aromatic rings. The highest BCUT2D eigenvalue weighted by molar-refractivity contribution is 8.06. The van der Waals surface area contributed by atoms with Gasteiger partial charge in [-0.3, -0.25) is 0 Å². The fourth-order valence-electron chi connectivity index (χ4n) is 3.38. The van der Waals surface area contributed by atoms with Gasteiger partial charge >= 0.3 is 0 Å². The summed E-state index contributed by atoms with van der Waals surface area (Å²) in [6, 6.07) is 0. The molecule has 2 fully saturated rings. The Morgan fingerprint density at radius 3 is 2.39 bits per heavy atom. The summed E-state index contributed by atoms with van der Waals surface area (Å²) in [5, 5.41) is 10.3. The van der Waals surface area contributed by atoms with E-state index < -0.39 is 31.1 Å². The summed E-state index contributed by atoms with van der Waals surface area (Å²) in [5.41, 5.74) is 0. The van der Waals surface area contributed by atoms with Gasteiger partial charge in [-0.1, -0.05) is 11.8 Å². The van der Waals surface area contributed by atoms with Crippen LogP contribution < -0.4 is 4.89 Å². The van der Waals surface area contributed by atoms with Gasteiger partial charge in [-0.15, -0.1) is 0 Å². The Morgan fingerprint density at radius 1 is 1.11 bits per heavy atom. The SMILES string of the molecule is CC(C)OC[C@H]1O[C@@H](C)C(O)[C@H]1OP([O-])(=S)OC[C@H]1O[C@@H](C)CC1OC(C)C. The third-order valence-corrected chi connectivity index (χ3v) is 6.19. The van der Waals surface area contributed by atoms with Gasteiger partial charge in [0.2, 0.25) is 0 Å². The Labute approximate surface area is 173 Å². The van der Waals surface area contributed by atoms with Crippen molar-refractivity contribution in [3.8, 4) is 0 Å². The van der Waals surface area contributed by atoms with Crippen molar-refractivity contribution in [1.29, 1.82) is 0 Å². The van der Waals surface area contributed by atoms with Crippen LogP contribution in [0.5, 0.6) is 0 Å². The van der Waals surface area contributed by atoms with Crippen LogP contribution in [-0.2, 0) is 39.8 Å². The summed E-state index contributed by atoms with van der Waals surface area (Å²) < 4.78 is 33.8. The Hall–Kier alpha value is 0.330. The lowest BCUT2D eigenvalue weighted by molar-refractivity contribution is -0.218. The zero-order chi connectivity index (χ0) is 21.1. The molecule has 0 aromatic heterocycles. The molecule has 0 aromatic carbocycles. The summed E-state index contributed by atoms with van der Waals surface area (Å²) in [4.78, 5) is 12.7. The number of hydrogen-bond acceptors (Lipinski definition) is 9. The summed E-state index contributed by atoms with van der Waals surface area (Å²) in [7, 11) is 0. The van der Waals surface area contributed by atoms with Gasteiger partial charge in [-0.05, 0) is 41.5 Å². The van der Waals surface area contributed by atoms with Crippen LogP contribution >= 0.6 is 6.72 Å². The molecule has 0 bridgehead atoms. The summed E-state index contributed by atoms with van der Waals surface area (Å²) in [6.45, 7) is 7.67. The van der Waals surface area contributed by atoms with Crippen molar-refractivity contribution in [1.82, 2.24) is 0 Å². The molecule has 10 heteroatoms. The molecule has 3 unspecified atom stereocenters. The van der Waals surface area contributed by atoms with Crippen molar-refractivity contribution in [2.24, 2.45) is 0 Å². The van der Waals surface area contributed by atoms with Gasteiger partial charge in [-0.25, -0.2) is 0 Å². The van der Waals surface area contributed by atoms with Gasteiger partial charge in [0.15, 0.2) is 0 Å². The van der Waals surface area contributed by atoms with Crippen LogP contribution in [-0.4, -0.2) is 73.3 Å². The zero-order valence-electron chi connectivity index (χ0n) is 17.5. The summed E-state index contributed by atoms with van der Waals surface area (Å²) in [6.07, 6.45) is -2.66. The average Bonchev–Trinajstić information content (AvgIpc) is 3.04. The topological polar surface area (TPSA) is 98.7 Å². The van der Waals surface area contributed by atoms with Crippen LogP contribution in [0.2, 0.25) is 0 Å². The molecule has 0 spiro atoms. The minimum absolute atomic E-state index is 0.00507. The second-order valence-corrected chi connectivity index (χ2v) is 10.7. The lowest BCUT2D eigenvalue weighted by Crippen LogP contribution is -2.38. The largest absolute Gasteiger partial charge is 0.780 e. The van der Waals surface area contributed by atoms with Crippen molar-refractivity contribution in [3.05, 3.63) is 0 Å². The quantitative estimate of drug-likeness (QED) is 0.506. The molecular formula is C18H34O8PS-. The van der Waals surface area contributed by atoms with Crippen LogP contribution in [0.15, 0.2) is 0 Å². The lowest BCUT2D eigenvalue weighted by Gasteiger charge is -2.34. The maximum absolute atomic E-state index is 12.7. The van der Waals surface area contributed by atoms with Gasteiger partial charge in [0.1, 0.15) is 31.1 Å². The first kappa shape index (κ1) is 24.6. The minimum atomic E-state index is -3.87. The molecule has 2 heterocycles. The van der Waals surface area contributed by atoms with E-state index in [-0.39, 0.29) is 43.7 Å². The third-order valence-electron chi connectivity index (χ3n) is 4.65. The van der Waals surface area contributed by atoms with Crippen LogP contribution in [0.3, 0.4) is 0 Å². The van der Waals surface area contributed by atoms with Crippen LogP contribution in [0.1, 0.15) is 48.0 Å².